The summed E-state index contributed by atoms with van der Waals surface area (Å²) < 4.78 is 5.41. The predicted molar refractivity (Wildman–Crippen MR) is 220 cm³/mol. The Bertz CT molecular complexity index is 1810. The van der Waals surface area contributed by atoms with Crippen LogP contribution in [-0.2, 0) is 35.9 Å². The van der Waals surface area contributed by atoms with Crippen LogP contribution in [0.2, 0.25) is 0 Å². The number of hydrogen-bond donors (Lipinski definition) is 6. The van der Waals surface area contributed by atoms with Gasteiger partial charge in [-0.25, -0.2) is 10.2 Å². The molecule has 0 fully saturated rings. The van der Waals surface area contributed by atoms with Gasteiger partial charge in [-0.3, -0.25) is 24.6 Å². The van der Waals surface area contributed by atoms with E-state index in [1.807, 2.05) is 135 Å². The summed E-state index contributed by atoms with van der Waals surface area (Å²) in [5, 5.41) is 11.6. The lowest BCUT2D eigenvalue weighted by molar-refractivity contribution is -0.133. The second-order valence-electron chi connectivity index (χ2n) is 15.3. The second kappa shape index (κ2) is 20.8. The van der Waals surface area contributed by atoms with E-state index in [4.69, 9.17) is 4.74 Å². The number of carbonyl (C=O) groups is 5. The van der Waals surface area contributed by atoms with Gasteiger partial charge in [0.25, 0.3) is 5.91 Å². The molecule has 4 aromatic rings. The Morgan fingerprint density at radius 3 is 1.51 bits per heavy atom. The van der Waals surface area contributed by atoms with E-state index in [-0.39, 0.29) is 37.5 Å². The first-order valence-electron chi connectivity index (χ1n) is 19.3. The average Bonchev–Trinajstić information content (AvgIpc) is 3.18. The minimum absolute atomic E-state index is 0.0160. The van der Waals surface area contributed by atoms with E-state index in [0.29, 0.717) is 0 Å². The van der Waals surface area contributed by atoms with Crippen LogP contribution in [0.4, 0.5) is 4.79 Å². The topological polar surface area (TPSA) is 167 Å². The Balaban J connectivity index is 1.60. The molecule has 0 spiro atoms. The van der Waals surface area contributed by atoms with Gasteiger partial charge in [-0.05, 0) is 61.8 Å². The molecule has 12 nitrogen and oxygen atoms in total. The number of amides is 5. The molecule has 3 atom stereocenters. The van der Waals surface area contributed by atoms with E-state index in [0.717, 1.165) is 22.3 Å². The van der Waals surface area contributed by atoms with Gasteiger partial charge in [0.15, 0.2) is 0 Å². The number of hydrazine groups is 1. The third-order valence-electron chi connectivity index (χ3n) is 9.12. The molecule has 0 radical (unpaired) electrons. The Kier molecular flexibility index (Phi) is 15.9. The molecule has 0 aliphatic carbocycles. The zero-order valence-corrected chi connectivity index (χ0v) is 33.6. The highest BCUT2D eigenvalue weighted by atomic mass is 16.6. The molecule has 0 aliphatic rings. The number of carbonyl (C=O) groups excluding carboxylic acids is 5. The summed E-state index contributed by atoms with van der Waals surface area (Å²) in [5.41, 5.74) is 6.55. The standard InChI is InChI=1S/C45H56N6O6/c1-31(2)29-37(49-43(56)57-44(3,4)5)40(53)48-38(30-32-19-11-7-12-20-32)41(54)47-36(42(55)51-46-6)27-28-39(52)50-45(33-21-13-8-14-22-33,34-23-15-9-16-24-34)35-25-17-10-18-26-35/h7-26,31,36-38,46H,27-30H2,1-6H3,(H,47,54)(H,48,53)(H,49,56)(H,50,52)(H,51,55). The molecule has 6 N–H and O–H groups in total. The van der Waals surface area contributed by atoms with Gasteiger partial charge in [0, 0.05) is 19.9 Å². The van der Waals surface area contributed by atoms with Crippen LogP contribution in [0.25, 0.3) is 0 Å². The van der Waals surface area contributed by atoms with Crippen molar-refractivity contribution in [3.05, 3.63) is 144 Å². The smallest absolute Gasteiger partial charge is 0.408 e. The average molecular weight is 777 g/mol. The number of rotatable bonds is 18. The van der Waals surface area contributed by atoms with Crippen molar-refractivity contribution in [2.75, 3.05) is 7.05 Å². The van der Waals surface area contributed by atoms with Gasteiger partial charge < -0.3 is 26.0 Å². The normalized spacial score (nSPS) is 13.0. The number of nitrogens with one attached hydrogen (secondary N) is 6. The number of alkyl carbamates (subject to hydrolysis) is 1. The lowest BCUT2D eigenvalue weighted by atomic mass is 9.77. The van der Waals surface area contributed by atoms with Gasteiger partial charge in [0.2, 0.25) is 17.7 Å². The van der Waals surface area contributed by atoms with Crippen LogP contribution in [0, 0.1) is 5.92 Å². The quantitative estimate of drug-likeness (QED) is 0.0591. The van der Waals surface area contributed by atoms with Crippen LogP contribution in [0.3, 0.4) is 0 Å². The fourth-order valence-corrected chi connectivity index (χ4v) is 6.56. The summed E-state index contributed by atoms with van der Waals surface area (Å²) in [6, 6.07) is 34.8. The fraction of sp³-hybridized carbons (Fsp3) is 0.356. The molecule has 57 heavy (non-hydrogen) atoms. The molecule has 0 heterocycles. The third-order valence-corrected chi connectivity index (χ3v) is 9.12. The highest BCUT2D eigenvalue weighted by Gasteiger charge is 2.38. The minimum atomic E-state index is -1.17. The van der Waals surface area contributed by atoms with E-state index in [9.17, 15) is 24.0 Å². The molecular formula is C45H56N6O6. The Morgan fingerprint density at radius 1 is 0.596 bits per heavy atom. The molecule has 0 aromatic heterocycles. The second-order valence-corrected chi connectivity index (χ2v) is 15.3. The molecule has 0 aliphatic heterocycles. The highest BCUT2D eigenvalue weighted by molar-refractivity contribution is 5.94. The van der Waals surface area contributed by atoms with Gasteiger partial charge in [0.05, 0.1) is 0 Å². The lowest BCUT2D eigenvalue weighted by Gasteiger charge is -2.37. The minimum Gasteiger partial charge on any atom is -0.444 e. The summed E-state index contributed by atoms with van der Waals surface area (Å²) in [6.45, 7) is 8.99. The van der Waals surface area contributed by atoms with Crippen LogP contribution in [-0.4, -0.2) is 60.5 Å². The first kappa shape index (κ1) is 43.7. The Morgan fingerprint density at radius 2 is 1.05 bits per heavy atom. The van der Waals surface area contributed by atoms with Crippen molar-refractivity contribution in [1.82, 2.24) is 32.1 Å². The van der Waals surface area contributed by atoms with E-state index >= 15 is 0 Å². The third kappa shape index (κ3) is 13.0. The molecular weight excluding hydrogens is 721 g/mol. The van der Waals surface area contributed by atoms with E-state index in [1.165, 1.54) is 7.05 Å². The van der Waals surface area contributed by atoms with E-state index < -0.39 is 53.1 Å². The Hall–Kier alpha value is -6.01. The molecule has 0 saturated carbocycles. The summed E-state index contributed by atoms with van der Waals surface area (Å²) >= 11 is 0. The van der Waals surface area contributed by atoms with E-state index in [1.54, 1.807) is 20.8 Å². The first-order chi connectivity index (χ1) is 27.2. The molecule has 302 valence electrons. The largest absolute Gasteiger partial charge is 0.444 e. The first-order valence-corrected chi connectivity index (χ1v) is 19.3. The molecule has 0 saturated heterocycles. The van der Waals surface area contributed by atoms with Crippen LogP contribution in [0.1, 0.15) is 76.1 Å². The van der Waals surface area contributed by atoms with Crippen molar-refractivity contribution in [3.8, 4) is 0 Å². The molecule has 4 rings (SSSR count). The van der Waals surface area contributed by atoms with Crippen LogP contribution >= 0.6 is 0 Å². The monoisotopic (exact) mass is 776 g/mol. The summed E-state index contributed by atoms with van der Waals surface area (Å²) in [7, 11) is 1.52. The maximum atomic E-state index is 14.1. The van der Waals surface area contributed by atoms with Gasteiger partial charge in [-0.15, -0.1) is 0 Å². The zero-order valence-electron chi connectivity index (χ0n) is 33.6. The highest BCUT2D eigenvalue weighted by Crippen LogP contribution is 2.37. The fourth-order valence-electron chi connectivity index (χ4n) is 6.56. The SMILES string of the molecule is CNNC(=O)C(CCC(=O)NC(c1ccccc1)(c1ccccc1)c1ccccc1)NC(=O)C(Cc1ccccc1)NC(=O)C(CC(C)C)NC(=O)OC(C)(C)C. The van der Waals surface area contributed by atoms with Crippen molar-refractivity contribution < 1.29 is 28.7 Å². The summed E-state index contributed by atoms with van der Waals surface area (Å²) in [6.07, 6.45) is -0.591. The number of ether oxygens (including phenoxy) is 1. The Labute approximate surface area is 335 Å². The van der Waals surface area contributed by atoms with Crippen molar-refractivity contribution in [3.63, 3.8) is 0 Å². The molecule has 5 amide bonds. The van der Waals surface area contributed by atoms with Gasteiger partial charge in [0.1, 0.15) is 29.3 Å². The zero-order chi connectivity index (χ0) is 41.4. The summed E-state index contributed by atoms with van der Waals surface area (Å²) in [5.74, 6) is -2.14. The molecule has 0 bridgehead atoms. The van der Waals surface area contributed by atoms with Crippen molar-refractivity contribution in [1.29, 1.82) is 0 Å². The number of hydrogen-bond acceptors (Lipinski definition) is 7. The maximum absolute atomic E-state index is 14.1. The molecule has 12 heteroatoms. The molecule has 4 aromatic carbocycles. The van der Waals surface area contributed by atoms with Crippen molar-refractivity contribution in [2.45, 2.75) is 89.6 Å². The number of benzene rings is 4. The van der Waals surface area contributed by atoms with Crippen LogP contribution in [0.15, 0.2) is 121 Å². The van der Waals surface area contributed by atoms with Crippen molar-refractivity contribution in [2.24, 2.45) is 5.92 Å². The van der Waals surface area contributed by atoms with Gasteiger partial charge in [-0.1, -0.05) is 135 Å². The maximum Gasteiger partial charge on any atom is 0.408 e. The van der Waals surface area contributed by atoms with Gasteiger partial charge >= 0.3 is 6.09 Å². The van der Waals surface area contributed by atoms with Crippen LogP contribution < -0.4 is 32.1 Å². The lowest BCUT2D eigenvalue weighted by Crippen LogP contribution is -2.58. The van der Waals surface area contributed by atoms with Crippen LogP contribution in [0.5, 0.6) is 0 Å². The summed E-state index contributed by atoms with van der Waals surface area (Å²) in [4.78, 5) is 68.3. The van der Waals surface area contributed by atoms with E-state index in [2.05, 4.69) is 32.1 Å². The predicted octanol–water partition coefficient (Wildman–Crippen LogP) is 5.28. The van der Waals surface area contributed by atoms with Crippen molar-refractivity contribution >= 4 is 29.7 Å². The van der Waals surface area contributed by atoms with Gasteiger partial charge in [-0.2, -0.15) is 0 Å². The molecule has 3 unspecified atom stereocenters.